The smallest absolute Gasteiger partial charge is 0.229 e. The maximum absolute atomic E-state index is 13.1. The number of para-hydroxylation sites is 1. The second-order valence-electron chi connectivity index (χ2n) is 6.73. The maximum Gasteiger partial charge on any atom is 0.229 e. The quantitative estimate of drug-likeness (QED) is 0.775. The van der Waals surface area contributed by atoms with Crippen LogP contribution in [-0.2, 0) is 9.53 Å². The van der Waals surface area contributed by atoms with Crippen LogP contribution < -0.4 is 5.32 Å². The van der Waals surface area contributed by atoms with Crippen molar-refractivity contribution in [2.45, 2.75) is 25.8 Å². The second-order valence-corrected chi connectivity index (χ2v) is 6.73. The summed E-state index contributed by atoms with van der Waals surface area (Å²) in [6, 6.07) is 9.93. The van der Waals surface area contributed by atoms with Gasteiger partial charge in [0.05, 0.1) is 30.3 Å². The first-order chi connectivity index (χ1) is 12.7. The molecule has 0 bridgehead atoms. The summed E-state index contributed by atoms with van der Waals surface area (Å²) in [6.45, 7) is 9.15. The summed E-state index contributed by atoms with van der Waals surface area (Å²) in [5, 5.41) is 4.14. The summed E-state index contributed by atoms with van der Waals surface area (Å²) >= 11 is 0. The summed E-state index contributed by atoms with van der Waals surface area (Å²) in [4.78, 5) is 19.9. The SMILES string of the molecule is C=CCCC(C(=O)Nc1cccc2cccnc12)C(C)N1CCOCC1. The van der Waals surface area contributed by atoms with Gasteiger partial charge in [-0.1, -0.05) is 24.3 Å². The minimum absolute atomic E-state index is 0.0454. The van der Waals surface area contributed by atoms with E-state index in [1.165, 1.54) is 0 Å². The predicted molar refractivity (Wildman–Crippen MR) is 105 cm³/mol. The molecule has 2 atom stereocenters. The van der Waals surface area contributed by atoms with Gasteiger partial charge in [-0.2, -0.15) is 0 Å². The Bertz CT molecular complexity index is 751. The molecule has 26 heavy (non-hydrogen) atoms. The van der Waals surface area contributed by atoms with Gasteiger partial charge in [-0.3, -0.25) is 14.7 Å². The molecule has 5 nitrogen and oxygen atoms in total. The predicted octanol–water partition coefficient (Wildman–Crippen LogP) is 3.48. The lowest BCUT2D eigenvalue weighted by atomic mass is 9.93. The lowest BCUT2D eigenvalue weighted by molar-refractivity contribution is -0.122. The number of morpholine rings is 1. The van der Waals surface area contributed by atoms with Gasteiger partial charge in [0.15, 0.2) is 0 Å². The molecular weight excluding hydrogens is 326 g/mol. The Kier molecular flexibility index (Phi) is 6.36. The molecule has 0 saturated carbocycles. The fourth-order valence-corrected chi connectivity index (χ4v) is 3.56. The van der Waals surface area contributed by atoms with Gasteiger partial charge in [-0.25, -0.2) is 0 Å². The van der Waals surface area contributed by atoms with E-state index in [0.717, 1.165) is 55.7 Å². The van der Waals surface area contributed by atoms with E-state index in [4.69, 9.17) is 4.74 Å². The number of carbonyl (C=O) groups excluding carboxylic acids is 1. The maximum atomic E-state index is 13.1. The van der Waals surface area contributed by atoms with Crippen LogP contribution in [0.25, 0.3) is 10.9 Å². The molecule has 1 N–H and O–H groups in total. The van der Waals surface area contributed by atoms with Gasteiger partial charge in [0.1, 0.15) is 0 Å². The van der Waals surface area contributed by atoms with E-state index in [0.29, 0.717) is 0 Å². The fraction of sp³-hybridized carbons (Fsp3) is 0.429. The van der Waals surface area contributed by atoms with Crippen LogP contribution in [0.1, 0.15) is 19.8 Å². The Balaban J connectivity index is 1.79. The van der Waals surface area contributed by atoms with Crippen molar-refractivity contribution in [2.24, 2.45) is 5.92 Å². The van der Waals surface area contributed by atoms with Gasteiger partial charge in [0, 0.05) is 30.7 Å². The highest BCUT2D eigenvalue weighted by molar-refractivity contribution is 6.01. The molecule has 5 heteroatoms. The number of rotatable bonds is 7. The average molecular weight is 353 g/mol. The lowest BCUT2D eigenvalue weighted by Gasteiger charge is -2.36. The Morgan fingerprint density at radius 1 is 1.35 bits per heavy atom. The summed E-state index contributed by atoms with van der Waals surface area (Å²) < 4.78 is 5.45. The molecule has 3 rings (SSSR count). The molecule has 138 valence electrons. The number of amides is 1. The molecular formula is C21H27N3O2. The minimum Gasteiger partial charge on any atom is -0.379 e. The van der Waals surface area contributed by atoms with Gasteiger partial charge in [-0.15, -0.1) is 6.58 Å². The number of anilines is 1. The molecule has 1 aliphatic rings. The van der Waals surface area contributed by atoms with Crippen molar-refractivity contribution in [1.82, 2.24) is 9.88 Å². The number of benzene rings is 1. The monoisotopic (exact) mass is 353 g/mol. The van der Waals surface area contributed by atoms with E-state index in [1.54, 1.807) is 6.20 Å². The van der Waals surface area contributed by atoms with Gasteiger partial charge in [-0.05, 0) is 31.9 Å². The van der Waals surface area contributed by atoms with Crippen molar-refractivity contribution in [3.8, 4) is 0 Å². The number of hydrogen-bond donors (Lipinski definition) is 1. The molecule has 1 aromatic heterocycles. The molecule has 1 saturated heterocycles. The van der Waals surface area contributed by atoms with Crippen LogP contribution >= 0.6 is 0 Å². The first kappa shape index (κ1) is 18.5. The number of ether oxygens (including phenoxy) is 1. The topological polar surface area (TPSA) is 54.5 Å². The number of carbonyl (C=O) groups is 1. The molecule has 2 heterocycles. The molecule has 0 radical (unpaired) electrons. The van der Waals surface area contributed by atoms with Crippen molar-refractivity contribution in [1.29, 1.82) is 0 Å². The Morgan fingerprint density at radius 3 is 2.88 bits per heavy atom. The van der Waals surface area contributed by atoms with Crippen LogP contribution in [0, 0.1) is 5.92 Å². The Hall–Kier alpha value is -2.24. The van der Waals surface area contributed by atoms with E-state index in [-0.39, 0.29) is 17.9 Å². The highest BCUT2D eigenvalue weighted by atomic mass is 16.5. The van der Waals surface area contributed by atoms with Gasteiger partial charge in [0.25, 0.3) is 0 Å². The molecule has 1 fully saturated rings. The standard InChI is InChI=1S/C21H27N3O2/c1-3-4-9-18(16(2)24-12-14-26-15-13-24)21(25)23-19-10-5-7-17-8-6-11-22-20(17)19/h3,5-8,10-11,16,18H,1,4,9,12-15H2,2H3,(H,23,25). The molecule has 0 aliphatic carbocycles. The van der Waals surface area contributed by atoms with Gasteiger partial charge in [0.2, 0.25) is 5.91 Å². The first-order valence-corrected chi connectivity index (χ1v) is 9.28. The molecule has 1 amide bonds. The van der Waals surface area contributed by atoms with E-state index in [2.05, 4.69) is 28.7 Å². The molecule has 1 aromatic carbocycles. The van der Waals surface area contributed by atoms with Crippen LogP contribution in [0.3, 0.4) is 0 Å². The zero-order chi connectivity index (χ0) is 18.4. The number of nitrogens with zero attached hydrogens (tertiary/aromatic N) is 2. The van der Waals surface area contributed by atoms with Crippen molar-refractivity contribution in [2.75, 3.05) is 31.6 Å². The summed E-state index contributed by atoms with van der Waals surface area (Å²) in [5.74, 6) is -0.0611. The number of aromatic nitrogens is 1. The third-order valence-electron chi connectivity index (χ3n) is 5.11. The number of nitrogens with one attached hydrogen (secondary N) is 1. The van der Waals surface area contributed by atoms with Crippen LogP contribution in [0.4, 0.5) is 5.69 Å². The van der Waals surface area contributed by atoms with Crippen LogP contribution in [0.15, 0.2) is 49.2 Å². The largest absolute Gasteiger partial charge is 0.379 e. The zero-order valence-electron chi connectivity index (χ0n) is 15.4. The number of pyridine rings is 1. The van der Waals surface area contributed by atoms with Crippen molar-refractivity contribution < 1.29 is 9.53 Å². The molecule has 1 aliphatic heterocycles. The Labute approximate surface area is 155 Å². The normalized spacial score (nSPS) is 17.6. The second kappa shape index (κ2) is 8.92. The van der Waals surface area contributed by atoms with Crippen molar-refractivity contribution >= 4 is 22.5 Å². The minimum atomic E-state index is -0.106. The summed E-state index contributed by atoms with van der Waals surface area (Å²) in [5.41, 5.74) is 1.59. The molecule has 2 unspecified atom stereocenters. The molecule has 2 aromatic rings. The first-order valence-electron chi connectivity index (χ1n) is 9.28. The van der Waals surface area contributed by atoms with E-state index >= 15 is 0 Å². The third kappa shape index (κ3) is 4.29. The van der Waals surface area contributed by atoms with Gasteiger partial charge < -0.3 is 10.1 Å². The third-order valence-corrected chi connectivity index (χ3v) is 5.11. The van der Waals surface area contributed by atoms with Gasteiger partial charge >= 0.3 is 0 Å². The summed E-state index contributed by atoms with van der Waals surface area (Å²) in [7, 11) is 0. The van der Waals surface area contributed by atoms with E-state index < -0.39 is 0 Å². The highest BCUT2D eigenvalue weighted by Gasteiger charge is 2.30. The fourth-order valence-electron chi connectivity index (χ4n) is 3.56. The Morgan fingerprint density at radius 2 is 2.12 bits per heavy atom. The number of allylic oxidation sites excluding steroid dienone is 1. The summed E-state index contributed by atoms with van der Waals surface area (Å²) in [6.07, 6.45) is 5.24. The highest BCUT2D eigenvalue weighted by Crippen LogP contribution is 2.24. The van der Waals surface area contributed by atoms with Crippen molar-refractivity contribution in [3.63, 3.8) is 0 Å². The zero-order valence-corrected chi connectivity index (χ0v) is 15.4. The van der Waals surface area contributed by atoms with E-state index in [9.17, 15) is 4.79 Å². The lowest BCUT2D eigenvalue weighted by Crippen LogP contribution is -2.48. The molecule has 0 spiro atoms. The van der Waals surface area contributed by atoms with Crippen molar-refractivity contribution in [3.05, 3.63) is 49.2 Å². The van der Waals surface area contributed by atoms with Crippen LogP contribution in [0.5, 0.6) is 0 Å². The average Bonchev–Trinajstić information content (AvgIpc) is 2.69. The van der Waals surface area contributed by atoms with Crippen LogP contribution in [0.2, 0.25) is 0 Å². The van der Waals surface area contributed by atoms with E-state index in [1.807, 2.05) is 36.4 Å². The number of fused-ring (bicyclic) bond motifs is 1. The number of hydrogen-bond acceptors (Lipinski definition) is 4. The van der Waals surface area contributed by atoms with Crippen LogP contribution in [-0.4, -0.2) is 48.1 Å².